The molecule has 0 aliphatic carbocycles. The third-order valence-corrected chi connectivity index (χ3v) is 4.47. The first-order valence-electron chi connectivity index (χ1n) is 7.50. The van der Waals surface area contributed by atoms with Crippen LogP contribution in [0.2, 0.25) is 0 Å². The second-order valence-corrected chi connectivity index (χ2v) is 6.53. The first kappa shape index (κ1) is 15.5. The molecule has 114 valence electrons. The van der Waals surface area contributed by atoms with Crippen molar-refractivity contribution in [2.75, 3.05) is 11.4 Å². The summed E-state index contributed by atoms with van der Waals surface area (Å²) in [7, 11) is 0. The van der Waals surface area contributed by atoms with E-state index in [0.717, 1.165) is 30.3 Å². The van der Waals surface area contributed by atoms with Gasteiger partial charge in [0, 0.05) is 23.8 Å². The lowest BCUT2D eigenvalue weighted by Crippen LogP contribution is -2.48. The maximum atomic E-state index is 10.5. The first-order valence-corrected chi connectivity index (χ1v) is 7.50. The topological polar surface area (TPSA) is 46.4 Å². The number of nitro groups is 1. The summed E-state index contributed by atoms with van der Waals surface area (Å²) in [5.41, 5.74) is 4.73. The van der Waals surface area contributed by atoms with Crippen molar-refractivity contribution in [3.63, 3.8) is 0 Å². The summed E-state index contributed by atoms with van der Waals surface area (Å²) in [5, 5.41) is 10.5. The van der Waals surface area contributed by atoms with Crippen molar-refractivity contribution in [2.45, 2.75) is 52.5 Å². The van der Waals surface area contributed by atoms with Gasteiger partial charge in [-0.1, -0.05) is 6.92 Å². The summed E-state index contributed by atoms with van der Waals surface area (Å²) in [4.78, 5) is 12.6. The largest absolute Gasteiger partial charge is 0.366 e. The van der Waals surface area contributed by atoms with Gasteiger partial charge in [0.05, 0.1) is 4.92 Å². The van der Waals surface area contributed by atoms with Gasteiger partial charge in [-0.05, 0) is 68.9 Å². The molecule has 1 aliphatic rings. The Kier molecular flexibility index (Phi) is 4.08. The van der Waals surface area contributed by atoms with Crippen molar-refractivity contribution in [3.8, 4) is 0 Å². The van der Waals surface area contributed by atoms with E-state index in [0.29, 0.717) is 5.92 Å². The normalized spacial score (nSPS) is 20.6. The zero-order chi connectivity index (χ0) is 15.8. The van der Waals surface area contributed by atoms with Gasteiger partial charge in [0.25, 0.3) is 0 Å². The van der Waals surface area contributed by atoms with Gasteiger partial charge < -0.3 is 4.90 Å². The molecule has 1 aromatic carbocycles. The molecule has 21 heavy (non-hydrogen) atoms. The first-order chi connectivity index (χ1) is 9.76. The summed E-state index contributed by atoms with van der Waals surface area (Å²) in [6.45, 7) is 12.0. The predicted octanol–water partition coefficient (Wildman–Crippen LogP) is 4.35. The molecule has 0 fully saturated rings. The average molecular weight is 288 g/mol. The van der Waals surface area contributed by atoms with Gasteiger partial charge in [0.15, 0.2) is 0 Å². The van der Waals surface area contributed by atoms with Crippen LogP contribution in [0.25, 0.3) is 6.08 Å². The zero-order valence-electron chi connectivity index (χ0n) is 13.5. The Hall–Kier alpha value is -1.84. The van der Waals surface area contributed by atoms with E-state index in [1.807, 2.05) is 6.92 Å². The van der Waals surface area contributed by atoms with Gasteiger partial charge in [-0.2, -0.15) is 0 Å². The second-order valence-electron chi connectivity index (χ2n) is 6.53. The van der Waals surface area contributed by atoms with Gasteiger partial charge in [0.1, 0.15) is 0 Å². The van der Waals surface area contributed by atoms with Crippen LogP contribution in [0.4, 0.5) is 5.69 Å². The lowest BCUT2D eigenvalue weighted by Gasteiger charge is -2.47. The standard InChI is InChI=1S/C17H24N2O2/c1-6-18-16-9-12(2)14(7-8-19(20)21)10-15(16)13(3)11-17(18,4)5/h7-10,13H,6,11H2,1-5H3/b8-7+. The number of fused-ring (bicyclic) bond motifs is 1. The molecule has 0 aromatic heterocycles. The highest BCUT2D eigenvalue weighted by molar-refractivity contribution is 5.67. The van der Waals surface area contributed by atoms with Crippen LogP contribution in [0.1, 0.15) is 56.7 Å². The molecule has 1 atom stereocenters. The molecule has 0 spiro atoms. The Balaban J connectivity index is 2.54. The fourth-order valence-corrected chi connectivity index (χ4v) is 3.57. The quantitative estimate of drug-likeness (QED) is 0.613. The highest BCUT2D eigenvalue weighted by atomic mass is 16.6. The van der Waals surface area contributed by atoms with Crippen molar-refractivity contribution >= 4 is 11.8 Å². The number of hydrogen-bond acceptors (Lipinski definition) is 3. The van der Waals surface area contributed by atoms with Crippen LogP contribution in [0.3, 0.4) is 0 Å². The summed E-state index contributed by atoms with van der Waals surface area (Å²) in [5.74, 6) is 0.459. The molecule has 1 unspecified atom stereocenters. The van der Waals surface area contributed by atoms with E-state index in [2.05, 4.69) is 44.7 Å². The molecule has 0 N–H and O–H groups in total. The summed E-state index contributed by atoms with van der Waals surface area (Å²) < 4.78 is 0. The molecule has 1 heterocycles. The van der Waals surface area contributed by atoms with Gasteiger partial charge in [0.2, 0.25) is 6.20 Å². The van der Waals surface area contributed by atoms with Gasteiger partial charge >= 0.3 is 0 Å². The monoisotopic (exact) mass is 288 g/mol. The number of rotatable bonds is 3. The molecule has 2 rings (SSSR count). The lowest BCUT2D eigenvalue weighted by atomic mass is 9.79. The van der Waals surface area contributed by atoms with E-state index in [-0.39, 0.29) is 5.54 Å². The highest BCUT2D eigenvalue weighted by Gasteiger charge is 2.35. The Morgan fingerprint density at radius 2 is 2.14 bits per heavy atom. The fourth-order valence-electron chi connectivity index (χ4n) is 3.57. The van der Waals surface area contributed by atoms with Crippen LogP contribution >= 0.6 is 0 Å². The molecule has 0 radical (unpaired) electrons. The van der Waals surface area contributed by atoms with Gasteiger partial charge in [-0.15, -0.1) is 0 Å². The maximum absolute atomic E-state index is 10.5. The zero-order valence-corrected chi connectivity index (χ0v) is 13.5. The summed E-state index contributed by atoms with van der Waals surface area (Å²) in [6.07, 6.45) is 3.71. The Labute approximate surface area is 126 Å². The number of benzene rings is 1. The van der Waals surface area contributed by atoms with Gasteiger partial charge in [-0.3, -0.25) is 10.1 Å². The van der Waals surface area contributed by atoms with Gasteiger partial charge in [-0.25, -0.2) is 0 Å². The number of aryl methyl sites for hydroxylation is 1. The van der Waals surface area contributed by atoms with E-state index in [9.17, 15) is 10.1 Å². The molecule has 4 nitrogen and oxygen atoms in total. The summed E-state index contributed by atoms with van der Waals surface area (Å²) in [6, 6.07) is 4.29. The third-order valence-electron chi connectivity index (χ3n) is 4.47. The Bertz CT molecular complexity index is 591. The van der Waals surface area contributed by atoms with Crippen LogP contribution in [-0.2, 0) is 0 Å². The minimum absolute atomic E-state index is 0.145. The van der Waals surface area contributed by atoms with Crippen LogP contribution in [0.5, 0.6) is 0 Å². The van der Waals surface area contributed by atoms with Crippen molar-refractivity contribution in [1.29, 1.82) is 0 Å². The molecule has 4 heteroatoms. The number of hydrogen-bond donors (Lipinski definition) is 0. The molecule has 0 amide bonds. The van der Waals surface area contributed by atoms with Crippen molar-refractivity contribution in [1.82, 2.24) is 0 Å². The molecule has 0 saturated heterocycles. The van der Waals surface area contributed by atoms with Crippen molar-refractivity contribution in [3.05, 3.63) is 45.1 Å². The minimum atomic E-state index is -0.413. The number of nitrogens with zero attached hydrogens (tertiary/aromatic N) is 2. The fraction of sp³-hybridized carbons (Fsp3) is 0.529. The minimum Gasteiger partial charge on any atom is -0.366 e. The SMILES string of the molecule is CCN1c2cc(C)c(/C=C/[N+](=O)[O-])cc2C(C)CC1(C)C. The van der Waals surface area contributed by atoms with E-state index in [1.165, 1.54) is 11.3 Å². The third kappa shape index (κ3) is 2.94. The molecule has 0 saturated carbocycles. The van der Waals surface area contributed by atoms with E-state index in [1.54, 1.807) is 6.08 Å². The second kappa shape index (κ2) is 5.51. The van der Waals surface area contributed by atoms with Crippen LogP contribution < -0.4 is 4.90 Å². The van der Waals surface area contributed by atoms with Crippen LogP contribution in [-0.4, -0.2) is 17.0 Å². The molecule has 1 aliphatic heterocycles. The van der Waals surface area contributed by atoms with Crippen molar-refractivity contribution < 1.29 is 4.92 Å². The Morgan fingerprint density at radius 3 is 2.71 bits per heavy atom. The van der Waals surface area contributed by atoms with E-state index < -0.39 is 4.92 Å². The van der Waals surface area contributed by atoms with E-state index >= 15 is 0 Å². The van der Waals surface area contributed by atoms with Crippen LogP contribution in [0, 0.1) is 17.0 Å². The molecule has 1 aromatic rings. The molecule has 0 bridgehead atoms. The maximum Gasteiger partial charge on any atom is 0.235 e. The van der Waals surface area contributed by atoms with Crippen LogP contribution in [0.15, 0.2) is 18.3 Å². The lowest BCUT2D eigenvalue weighted by molar-refractivity contribution is -0.400. The van der Waals surface area contributed by atoms with Crippen molar-refractivity contribution in [2.24, 2.45) is 0 Å². The molecular formula is C17H24N2O2. The predicted molar refractivity (Wildman–Crippen MR) is 87.3 cm³/mol. The summed E-state index contributed by atoms with van der Waals surface area (Å²) >= 11 is 0. The van der Waals surface area contributed by atoms with E-state index in [4.69, 9.17) is 0 Å². The smallest absolute Gasteiger partial charge is 0.235 e. The average Bonchev–Trinajstić information content (AvgIpc) is 2.36. The Morgan fingerprint density at radius 1 is 1.48 bits per heavy atom. The highest BCUT2D eigenvalue weighted by Crippen LogP contribution is 2.44. The number of anilines is 1. The molecular weight excluding hydrogens is 264 g/mol.